The zero-order valence-electron chi connectivity index (χ0n) is 11.6. The second-order valence-corrected chi connectivity index (χ2v) is 5.91. The van der Waals surface area contributed by atoms with Crippen molar-refractivity contribution in [3.8, 4) is 0 Å². The Kier molecular flexibility index (Phi) is 5.07. The first-order valence-corrected chi connectivity index (χ1v) is 7.48. The quantitative estimate of drug-likeness (QED) is 0.820. The van der Waals surface area contributed by atoms with E-state index in [1.165, 1.54) is 6.92 Å². The number of hydrogen-bond acceptors (Lipinski definition) is 5. The molecule has 0 saturated heterocycles. The van der Waals surface area contributed by atoms with E-state index < -0.39 is 10.0 Å². The Labute approximate surface area is 113 Å². The summed E-state index contributed by atoms with van der Waals surface area (Å²) >= 11 is 0. The van der Waals surface area contributed by atoms with E-state index in [9.17, 15) is 13.2 Å². The molecule has 1 amide bonds. The Morgan fingerprint density at radius 2 is 2.00 bits per heavy atom. The first kappa shape index (κ1) is 15.6. The fourth-order valence-corrected chi connectivity index (χ4v) is 3.45. The predicted octanol–water partition coefficient (Wildman–Crippen LogP) is 0.438. The normalized spacial score (nSPS) is 11.8. The summed E-state index contributed by atoms with van der Waals surface area (Å²) in [5, 5.41) is 6.21. The molecule has 0 radical (unpaired) electrons. The van der Waals surface area contributed by atoms with Gasteiger partial charge in [-0.1, -0.05) is 12.1 Å². The van der Waals surface area contributed by atoms with Crippen molar-refractivity contribution in [2.75, 3.05) is 19.6 Å². The van der Waals surface area contributed by atoms with Gasteiger partial charge in [0.1, 0.15) is 10.6 Å². The highest BCUT2D eigenvalue weighted by molar-refractivity contribution is 7.89. The van der Waals surface area contributed by atoms with Gasteiger partial charge in [-0.15, -0.1) is 0 Å². The van der Waals surface area contributed by atoms with E-state index in [0.717, 1.165) is 4.31 Å². The molecule has 0 fully saturated rings. The van der Waals surface area contributed by atoms with E-state index in [1.807, 2.05) is 0 Å². The SMILES string of the molecule is CCNC(=O)CN(CC)S(=O)(=O)c1c(C)noc1C. The second-order valence-electron chi connectivity index (χ2n) is 4.04. The van der Waals surface area contributed by atoms with E-state index in [4.69, 9.17) is 4.52 Å². The van der Waals surface area contributed by atoms with Crippen LogP contribution < -0.4 is 5.32 Å². The number of nitrogens with zero attached hydrogens (tertiary/aromatic N) is 2. The van der Waals surface area contributed by atoms with Crippen molar-refractivity contribution >= 4 is 15.9 Å². The molecule has 1 aromatic rings. The second kappa shape index (κ2) is 6.16. The Bertz CT molecular complexity index is 531. The number of hydrogen-bond donors (Lipinski definition) is 1. The lowest BCUT2D eigenvalue weighted by Crippen LogP contribution is -2.40. The highest BCUT2D eigenvalue weighted by atomic mass is 32.2. The molecule has 8 heteroatoms. The number of sulfonamides is 1. The summed E-state index contributed by atoms with van der Waals surface area (Å²) < 4.78 is 30.9. The number of amides is 1. The average Bonchev–Trinajstić information content (AvgIpc) is 2.66. The third-order valence-corrected chi connectivity index (χ3v) is 4.78. The van der Waals surface area contributed by atoms with Gasteiger partial charge in [-0.2, -0.15) is 4.31 Å². The maximum absolute atomic E-state index is 12.5. The van der Waals surface area contributed by atoms with Crippen LogP contribution in [0.3, 0.4) is 0 Å². The van der Waals surface area contributed by atoms with Crippen LogP contribution >= 0.6 is 0 Å². The van der Waals surface area contributed by atoms with E-state index in [-0.39, 0.29) is 29.7 Å². The lowest BCUT2D eigenvalue weighted by molar-refractivity contribution is -0.121. The number of aryl methyl sites for hydroxylation is 2. The molecule has 0 aliphatic rings. The molecular weight excluding hydrogens is 270 g/mol. The minimum Gasteiger partial charge on any atom is -0.360 e. The highest BCUT2D eigenvalue weighted by Crippen LogP contribution is 2.22. The summed E-state index contributed by atoms with van der Waals surface area (Å²) in [6.07, 6.45) is 0. The summed E-state index contributed by atoms with van der Waals surface area (Å²) in [7, 11) is -3.77. The van der Waals surface area contributed by atoms with Crippen LogP contribution in [0.1, 0.15) is 25.3 Å². The maximum atomic E-state index is 12.5. The van der Waals surface area contributed by atoms with Gasteiger partial charge >= 0.3 is 0 Å². The summed E-state index contributed by atoms with van der Waals surface area (Å²) in [6.45, 7) is 6.99. The van der Waals surface area contributed by atoms with Crippen molar-refractivity contribution in [1.82, 2.24) is 14.8 Å². The van der Waals surface area contributed by atoms with Crippen molar-refractivity contribution in [1.29, 1.82) is 0 Å². The van der Waals surface area contributed by atoms with Crippen molar-refractivity contribution in [2.45, 2.75) is 32.6 Å². The number of aromatic nitrogens is 1. The lowest BCUT2D eigenvalue weighted by atomic mass is 10.4. The summed E-state index contributed by atoms with van der Waals surface area (Å²) in [4.78, 5) is 11.6. The van der Waals surface area contributed by atoms with Crippen LogP contribution in [0.4, 0.5) is 0 Å². The van der Waals surface area contributed by atoms with Gasteiger partial charge in [-0.25, -0.2) is 8.42 Å². The van der Waals surface area contributed by atoms with Gasteiger partial charge in [0.2, 0.25) is 15.9 Å². The Morgan fingerprint density at radius 3 is 2.42 bits per heavy atom. The molecule has 7 nitrogen and oxygen atoms in total. The smallest absolute Gasteiger partial charge is 0.248 e. The minimum atomic E-state index is -3.77. The van der Waals surface area contributed by atoms with Crippen LogP contribution in [0.25, 0.3) is 0 Å². The molecule has 0 aromatic carbocycles. The molecule has 0 atom stereocenters. The number of nitrogens with one attached hydrogen (secondary N) is 1. The van der Waals surface area contributed by atoms with Gasteiger partial charge in [-0.3, -0.25) is 4.79 Å². The minimum absolute atomic E-state index is 0.0404. The van der Waals surface area contributed by atoms with Gasteiger partial charge in [0, 0.05) is 13.1 Å². The van der Waals surface area contributed by atoms with Crippen LogP contribution in [0.15, 0.2) is 9.42 Å². The third kappa shape index (κ3) is 3.32. The Hall–Kier alpha value is -1.41. The van der Waals surface area contributed by atoms with Crippen LogP contribution in [0.2, 0.25) is 0 Å². The Balaban J connectivity index is 3.06. The molecule has 1 aromatic heterocycles. The van der Waals surface area contributed by atoms with Gasteiger partial charge in [0.05, 0.1) is 6.54 Å². The average molecular weight is 289 g/mol. The number of rotatable bonds is 6. The fraction of sp³-hybridized carbons (Fsp3) is 0.636. The molecule has 108 valence electrons. The third-order valence-electron chi connectivity index (χ3n) is 2.61. The number of likely N-dealkylation sites (N-methyl/N-ethyl adjacent to an activating group) is 2. The predicted molar refractivity (Wildman–Crippen MR) is 69.1 cm³/mol. The highest BCUT2D eigenvalue weighted by Gasteiger charge is 2.31. The molecular formula is C11H19N3O4S. The van der Waals surface area contributed by atoms with Gasteiger partial charge in [0.25, 0.3) is 0 Å². The monoisotopic (exact) mass is 289 g/mol. The summed E-state index contributed by atoms with van der Waals surface area (Å²) in [6, 6.07) is 0. The molecule has 0 spiro atoms. The van der Waals surface area contributed by atoms with Gasteiger partial charge in [-0.05, 0) is 20.8 Å². The maximum Gasteiger partial charge on any atom is 0.248 e. The van der Waals surface area contributed by atoms with E-state index in [0.29, 0.717) is 12.2 Å². The van der Waals surface area contributed by atoms with E-state index in [1.54, 1.807) is 20.8 Å². The first-order chi connectivity index (χ1) is 8.84. The summed E-state index contributed by atoms with van der Waals surface area (Å²) in [5.74, 6) is -0.105. The van der Waals surface area contributed by atoms with Crippen LogP contribution in [0.5, 0.6) is 0 Å². The van der Waals surface area contributed by atoms with E-state index >= 15 is 0 Å². The molecule has 0 saturated carbocycles. The lowest BCUT2D eigenvalue weighted by Gasteiger charge is -2.19. The van der Waals surface area contributed by atoms with Crippen molar-refractivity contribution in [3.05, 3.63) is 11.5 Å². The van der Waals surface area contributed by atoms with Crippen molar-refractivity contribution < 1.29 is 17.7 Å². The largest absolute Gasteiger partial charge is 0.360 e. The Morgan fingerprint density at radius 1 is 1.37 bits per heavy atom. The fourth-order valence-electron chi connectivity index (χ4n) is 1.75. The first-order valence-electron chi connectivity index (χ1n) is 6.04. The molecule has 19 heavy (non-hydrogen) atoms. The topological polar surface area (TPSA) is 92.5 Å². The molecule has 0 aliphatic heterocycles. The van der Waals surface area contributed by atoms with Crippen LogP contribution in [-0.4, -0.2) is 43.4 Å². The molecule has 1 rings (SSSR count). The standard InChI is InChI=1S/C11H19N3O4S/c1-5-12-10(15)7-14(6-2)19(16,17)11-8(3)13-18-9(11)4/h5-7H2,1-4H3,(H,12,15). The van der Waals surface area contributed by atoms with Gasteiger partial charge in [0.15, 0.2) is 5.76 Å². The van der Waals surface area contributed by atoms with Gasteiger partial charge < -0.3 is 9.84 Å². The molecule has 1 N–H and O–H groups in total. The van der Waals surface area contributed by atoms with Crippen molar-refractivity contribution in [3.63, 3.8) is 0 Å². The number of carbonyl (C=O) groups is 1. The molecule has 0 aliphatic carbocycles. The summed E-state index contributed by atoms with van der Waals surface area (Å²) in [5.41, 5.74) is 0.298. The number of carbonyl (C=O) groups excluding carboxylic acids is 1. The van der Waals surface area contributed by atoms with Crippen LogP contribution in [-0.2, 0) is 14.8 Å². The molecule has 1 heterocycles. The van der Waals surface area contributed by atoms with Crippen LogP contribution in [0, 0.1) is 13.8 Å². The molecule has 0 bridgehead atoms. The van der Waals surface area contributed by atoms with Crippen molar-refractivity contribution in [2.24, 2.45) is 0 Å². The zero-order chi connectivity index (χ0) is 14.6. The molecule has 0 unspecified atom stereocenters. The van der Waals surface area contributed by atoms with E-state index in [2.05, 4.69) is 10.5 Å². The zero-order valence-corrected chi connectivity index (χ0v) is 12.4.